The lowest BCUT2D eigenvalue weighted by Crippen LogP contribution is -2.28. The zero-order valence-electron chi connectivity index (χ0n) is 15.8. The van der Waals surface area contributed by atoms with Gasteiger partial charge in [0, 0.05) is 6.20 Å². The fraction of sp³-hybridized carbons (Fsp3) is 0.158. The molecule has 10 heteroatoms. The molecule has 0 radical (unpaired) electrons. The van der Waals surface area contributed by atoms with Crippen LogP contribution in [0.2, 0.25) is 0 Å². The Kier molecular flexibility index (Phi) is 3.57. The van der Waals surface area contributed by atoms with E-state index in [1.807, 2.05) is 6.92 Å². The Labute approximate surface area is 163 Å². The normalized spacial score (nSPS) is 11.6. The standard InChI is InChI=1S/C19H15FN8O/c1-10-16(13-4-6-14(20)7-5-13)18-24-23-17-15(27(18)25-10)8-9-26(19(17)29)28-11(2)21-22-12(28)3/h4-9H,1-3H3. The van der Waals surface area contributed by atoms with Gasteiger partial charge in [-0.3, -0.25) is 4.79 Å². The first kappa shape index (κ1) is 17.2. The van der Waals surface area contributed by atoms with Crippen LogP contribution in [0.25, 0.3) is 27.8 Å². The Hall–Kier alpha value is -3.95. The van der Waals surface area contributed by atoms with E-state index in [4.69, 9.17) is 0 Å². The molecule has 0 spiro atoms. The number of benzene rings is 1. The van der Waals surface area contributed by atoms with Crippen molar-refractivity contribution in [2.75, 3.05) is 0 Å². The molecule has 9 nitrogen and oxygen atoms in total. The monoisotopic (exact) mass is 390 g/mol. The summed E-state index contributed by atoms with van der Waals surface area (Å²) in [6.45, 7) is 5.36. The van der Waals surface area contributed by atoms with Crippen LogP contribution in [0.1, 0.15) is 17.3 Å². The fourth-order valence-corrected chi connectivity index (χ4v) is 3.53. The summed E-state index contributed by atoms with van der Waals surface area (Å²) < 4.78 is 17.9. The molecule has 0 atom stereocenters. The summed E-state index contributed by atoms with van der Waals surface area (Å²) in [6, 6.07) is 7.85. The third kappa shape index (κ3) is 2.45. The van der Waals surface area contributed by atoms with Crippen LogP contribution >= 0.6 is 0 Å². The number of halogens is 1. The van der Waals surface area contributed by atoms with E-state index >= 15 is 0 Å². The Balaban J connectivity index is 1.79. The molecule has 0 aliphatic rings. The summed E-state index contributed by atoms with van der Waals surface area (Å²) in [5.74, 6) is 0.831. The molecule has 0 amide bonds. The maximum absolute atomic E-state index is 13.3. The quantitative estimate of drug-likeness (QED) is 0.458. The van der Waals surface area contributed by atoms with E-state index in [1.165, 1.54) is 16.8 Å². The van der Waals surface area contributed by atoms with Crippen molar-refractivity contribution in [2.24, 2.45) is 0 Å². The van der Waals surface area contributed by atoms with Crippen LogP contribution in [0.5, 0.6) is 0 Å². The van der Waals surface area contributed by atoms with Crippen molar-refractivity contribution >= 4 is 16.7 Å². The third-order valence-electron chi connectivity index (χ3n) is 4.84. The molecule has 0 fully saturated rings. The highest BCUT2D eigenvalue weighted by Gasteiger charge is 2.18. The number of pyridine rings is 1. The molecule has 0 aliphatic carbocycles. The summed E-state index contributed by atoms with van der Waals surface area (Å²) in [7, 11) is 0. The van der Waals surface area contributed by atoms with E-state index < -0.39 is 0 Å². The van der Waals surface area contributed by atoms with Crippen LogP contribution in [0.3, 0.4) is 0 Å². The Morgan fingerprint density at radius 2 is 1.59 bits per heavy atom. The number of nitrogens with zero attached hydrogens (tertiary/aromatic N) is 8. The lowest BCUT2D eigenvalue weighted by atomic mass is 10.1. The van der Waals surface area contributed by atoms with Gasteiger partial charge in [-0.15, -0.1) is 20.4 Å². The molecule has 0 saturated carbocycles. The summed E-state index contributed by atoms with van der Waals surface area (Å²) in [5, 5.41) is 21.0. The molecule has 0 aliphatic heterocycles. The van der Waals surface area contributed by atoms with Gasteiger partial charge in [-0.1, -0.05) is 12.1 Å². The molecule has 0 N–H and O–H groups in total. The Bertz CT molecular complexity index is 1440. The van der Waals surface area contributed by atoms with E-state index in [2.05, 4.69) is 25.5 Å². The van der Waals surface area contributed by atoms with E-state index in [0.717, 1.165) is 11.1 Å². The largest absolute Gasteiger partial charge is 0.299 e. The van der Waals surface area contributed by atoms with E-state index in [1.54, 1.807) is 47.4 Å². The van der Waals surface area contributed by atoms with Crippen molar-refractivity contribution in [3.63, 3.8) is 0 Å². The van der Waals surface area contributed by atoms with Gasteiger partial charge in [-0.25, -0.2) is 18.3 Å². The summed E-state index contributed by atoms with van der Waals surface area (Å²) >= 11 is 0. The lowest BCUT2D eigenvalue weighted by Gasteiger charge is -2.10. The Morgan fingerprint density at radius 3 is 2.28 bits per heavy atom. The SMILES string of the molecule is Cc1nn2c(nnc3c(=O)n(-n4c(C)nnc4C)ccc32)c1-c1ccc(F)cc1. The minimum atomic E-state index is -0.362. The maximum atomic E-state index is 13.3. The molecule has 0 saturated heterocycles. The first-order chi connectivity index (χ1) is 14.0. The van der Waals surface area contributed by atoms with Crippen molar-refractivity contribution < 1.29 is 4.39 Å². The van der Waals surface area contributed by atoms with Crippen LogP contribution in [0.4, 0.5) is 4.39 Å². The molecule has 4 heterocycles. The molecule has 4 aromatic heterocycles. The number of hydrogen-bond acceptors (Lipinski definition) is 6. The molecule has 0 bridgehead atoms. The van der Waals surface area contributed by atoms with Gasteiger partial charge in [0.25, 0.3) is 5.56 Å². The van der Waals surface area contributed by atoms with Gasteiger partial charge < -0.3 is 0 Å². The molecule has 5 rings (SSSR count). The van der Waals surface area contributed by atoms with Crippen molar-refractivity contribution in [1.29, 1.82) is 0 Å². The number of aromatic nitrogens is 8. The highest BCUT2D eigenvalue weighted by Crippen LogP contribution is 2.28. The average molecular weight is 390 g/mol. The van der Waals surface area contributed by atoms with Gasteiger partial charge in [0.05, 0.1) is 11.3 Å². The molecule has 0 unspecified atom stereocenters. The van der Waals surface area contributed by atoms with Gasteiger partial charge in [-0.2, -0.15) is 5.10 Å². The second-order valence-electron chi connectivity index (χ2n) is 6.71. The minimum Gasteiger partial charge on any atom is -0.265 e. The number of hydrogen-bond donors (Lipinski definition) is 0. The molecule has 5 aromatic rings. The highest BCUT2D eigenvalue weighted by atomic mass is 19.1. The number of fused-ring (bicyclic) bond motifs is 3. The van der Waals surface area contributed by atoms with E-state index in [9.17, 15) is 9.18 Å². The van der Waals surface area contributed by atoms with Gasteiger partial charge in [0.2, 0.25) is 0 Å². The maximum Gasteiger partial charge on any atom is 0.299 e. The Morgan fingerprint density at radius 1 is 0.897 bits per heavy atom. The van der Waals surface area contributed by atoms with Gasteiger partial charge in [0.15, 0.2) is 11.2 Å². The predicted molar refractivity (Wildman–Crippen MR) is 103 cm³/mol. The van der Waals surface area contributed by atoms with E-state index in [0.29, 0.717) is 28.5 Å². The van der Waals surface area contributed by atoms with Crippen molar-refractivity contribution in [3.8, 4) is 11.1 Å². The van der Waals surface area contributed by atoms with Gasteiger partial charge in [0.1, 0.15) is 23.0 Å². The third-order valence-corrected chi connectivity index (χ3v) is 4.84. The van der Waals surface area contributed by atoms with E-state index in [-0.39, 0.29) is 16.9 Å². The van der Waals surface area contributed by atoms with Gasteiger partial charge >= 0.3 is 0 Å². The van der Waals surface area contributed by atoms with Crippen LogP contribution in [-0.2, 0) is 0 Å². The highest BCUT2D eigenvalue weighted by molar-refractivity contribution is 5.84. The van der Waals surface area contributed by atoms with Crippen molar-refractivity contribution in [1.82, 2.24) is 39.4 Å². The minimum absolute atomic E-state index is 0.167. The number of rotatable bonds is 2. The second kappa shape index (κ2) is 6.03. The van der Waals surface area contributed by atoms with Gasteiger partial charge in [-0.05, 0) is 44.5 Å². The van der Waals surface area contributed by atoms with Crippen LogP contribution < -0.4 is 5.56 Å². The zero-order valence-corrected chi connectivity index (χ0v) is 15.8. The fourth-order valence-electron chi connectivity index (χ4n) is 3.53. The summed E-state index contributed by atoms with van der Waals surface area (Å²) in [4.78, 5) is 13.1. The summed E-state index contributed by atoms with van der Waals surface area (Å²) in [6.07, 6.45) is 1.63. The number of aryl methyl sites for hydroxylation is 3. The topological polar surface area (TPSA) is 95.8 Å². The average Bonchev–Trinajstić information content (AvgIpc) is 3.22. The predicted octanol–water partition coefficient (Wildman–Crippen LogP) is 2.07. The smallest absolute Gasteiger partial charge is 0.265 e. The molecule has 29 heavy (non-hydrogen) atoms. The molecule has 1 aromatic carbocycles. The molecular weight excluding hydrogens is 375 g/mol. The first-order valence-corrected chi connectivity index (χ1v) is 8.88. The second-order valence-corrected chi connectivity index (χ2v) is 6.71. The van der Waals surface area contributed by atoms with Crippen molar-refractivity contribution in [2.45, 2.75) is 20.8 Å². The lowest BCUT2D eigenvalue weighted by molar-refractivity contribution is 0.593. The van der Waals surface area contributed by atoms with Crippen molar-refractivity contribution in [3.05, 3.63) is 70.0 Å². The van der Waals surface area contributed by atoms with Crippen LogP contribution in [0.15, 0.2) is 41.3 Å². The summed E-state index contributed by atoms with van der Waals surface area (Å²) in [5.41, 5.74) is 3.05. The zero-order chi connectivity index (χ0) is 20.3. The molecular formula is C19H15FN8O. The van der Waals surface area contributed by atoms with Crippen LogP contribution in [0, 0.1) is 26.6 Å². The molecule has 144 valence electrons. The van der Waals surface area contributed by atoms with Crippen LogP contribution in [-0.4, -0.2) is 39.4 Å². The first-order valence-electron chi connectivity index (χ1n) is 8.88.